The van der Waals surface area contributed by atoms with Gasteiger partial charge in [-0.25, -0.2) is 0 Å². The lowest BCUT2D eigenvalue weighted by Gasteiger charge is -2.24. The van der Waals surface area contributed by atoms with Gasteiger partial charge in [0.1, 0.15) is 6.26 Å². The first-order valence-corrected chi connectivity index (χ1v) is 7.28. The Hall–Kier alpha value is -1.03. The van der Waals surface area contributed by atoms with Crippen molar-refractivity contribution >= 4 is 6.01 Å². The maximum atomic E-state index is 5.56. The van der Waals surface area contributed by atoms with Gasteiger partial charge in [0.15, 0.2) is 0 Å². The quantitative estimate of drug-likeness (QED) is 0.784. The van der Waals surface area contributed by atoms with E-state index in [9.17, 15) is 0 Å². The van der Waals surface area contributed by atoms with Crippen LogP contribution in [0.15, 0.2) is 10.7 Å². The molecule has 0 saturated heterocycles. The van der Waals surface area contributed by atoms with Gasteiger partial charge in [0.25, 0.3) is 6.01 Å². The minimum atomic E-state index is 0.440. The van der Waals surface area contributed by atoms with Crippen molar-refractivity contribution in [3.05, 3.63) is 12.0 Å². The Kier molecular flexibility index (Phi) is 6.35. The van der Waals surface area contributed by atoms with Crippen LogP contribution in [0.5, 0.6) is 0 Å². The van der Waals surface area contributed by atoms with Crippen LogP contribution in [0.1, 0.15) is 46.7 Å². The second-order valence-electron chi connectivity index (χ2n) is 6.24. The van der Waals surface area contributed by atoms with E-state index in [4.69, 9.17) is 4.42 Å². The Balaban J connectivity index is 2.48. The van der Waals surface area contributed by atoms with Gasteiger partial charge in [-0.05, 0) is 31.7 Å². The number of hydrogen-bond donors (Lipinski definition) is 1. The topological polar surface area (TPSA) is 41.3 Å². The smallest absolute Gasteiger partial charge is 0.297 e. The number of oxazole rings is 1. The highest BCUT2D eigenvalue weighted by Crippen LogP contribution is 2.18. The monoisotopic (exact) mass is 267 g/mol. The van der Waals surface area contributed by atoms with Crippen molar-refractivity contribution in [2.45, 2.75) is 53.6 Å². The SMILES string of the molecule is CC(C)CNCc1coc(N(C)C(C)CC(C)C)n1. The molecule has 0 amide bonds. The summed E-state index contributed by atoms with van der Waals surface area (Å²) in [6, 6.07) is 1.16. The maximum absolute atomic E-state index is 5.56. The molecule has 4 heteroatoms. The van der Waals surface area contributed by atoms with E-state index in [1.54, 1.807) is 6.26 Å². The summed E-state index contributed by atoms with van der Waals surface area (Å²) in [6.07, 6.45) is 2.89. The molecule has 0 fully saturated rings. The summed E-state index contributed by atoms with van der Waals surface area (Å²) in [5.74, 6) is 1.33. The first-order chi connectivity index (χ1) is 8.90. The molecule has 4 nitrogen and oxygen atoms in total. The fourth-order valence-corrected chi connectivity index (χ4v) is 2.06. The van der Waals surface area contributed by atoms with Crippen molar-refractivity contribution in [3.8, 4) is 0 Å². The van der Waals surface area contributed by atoms with Crippen LogP contribution >= 0.6 is 0 Å². The first-order valence-electron chi connectivity index (χ1n) is 7.28. The van der Waals surface area contributed by atoms with Crippen LogP contribution in [0.2, 0.25) is 0 Å². The van der Waals surface area contributed by atoms with Crippen LogP contribution in [-0.4, -0.2) is 24.6 Å². The number of nitrogens with zero attached hydrogens (tertiary/aromatic N) is 2. The molecular weight excluding hydrogens is 238 g/mol. The van der Waals surface area contributed by atoms with Gasteiger partial charge in [0, 0.05) is 19.6 Å². The number of anilines is 1. The Morgan fingerprint density at radius 2 is 1.89 bits per heavy atom. The third kappa shape index (κ3) is 5.64. The Bertz CT molecular complexity index is 360. The molecule has 0 aromatic carbocycles. The molecule has 1 aromatic rings. The summed E-state index contributed by atoms with van der Waals surface area (Å²) >= 11 is 0. The molecule has 1 aromatic heterocycles. The molecule has 1 N–H and O–H groups in total. The Morgan fingerprint density at radius 1 is 1.21 bits per heavy atom. The number of nitrogens with one attached hydrogen (secondary N) is 1. The van der Waals surface area contributed by atoms with Gasteiger partial charge in [-0.15, -0.1) is 0 Å². The molecule has 1 unspecified atom stereocenters. The van der Waals surface area contributed by atoms with Gasteiger partial charge in [0.2, 0.25) is 0 Å². The predicted molar refractivity (Wildman–Crippen MR) is 80.4 cm³/mol. The third-order valence-corrected chi connectivity index (χ3v) is 3.17. The van der Waals surface area contributed by atoms with E-state index in [2.05, 4.69) is 49.8 Å². The van der Waals surface area contributed by atoms with E-state index in [0.717, 1.165) is 31.2 Å². The van der Waals surface area contributed by atoms with Gasteiger partial charge < -0.3 is 14.6 Å². The lowest BCUT2D eigenvalue weighted by Crippen LogP contribution is -2.30. The highest BCUT2D eigenvalue weighted by Gasteiger charge is 2.16. The third-order valence-electron chi connectivity index (χ3n) is 3.17. The standard InChI is InChI=1S/C15H29N3O/c1-11(2)7-13(5)18(6)15-17-14(10-19-15)9-16-8-12(3)4/h10-13,16H,7-9H2,1-6H3. The largest absolute Gasteiger partial charge is 0.432 e. The molecule has 110 valence electrons. The van der Waals surface area contributed by atoms with Gasteiger partial charge in [0.05, 0.1) is 5.69 Å². The van der Waals surface area contributed by atoms with Crippen molar-refractivity contribution < 1.29 is 4.42 Å². The van der Waals surface area contributed by atoms with Crippen LogP contribution < -0.4 is 10.2 Å². The van der Waals surface area contributed by atoms with Crippen molar-refractivity contribution in [1.29, 1.82) is 0 Å². The first kappa shape index (κ1) is 16.0. The minimum absolute atomic E-state index is 0.440. The van der Waals surface area contributed by atoms with Gasteiger partial charge >= 0.3 is 0 Å². The molecule has 0 aliphatic rings. The van der Waals surface area contributed by atoms with Crippen LogP contribution in [0.3, 0.4) is 0 Å². The van der Waals surface area contributed by atoms with Crippen LogP contribution in [0, 0.1) is 11.8 Å². The van der Waals surface area contributed by atoms with Crippen LogP contribution in [-0.2, 0) is 6.54 Å². The van der Waals surface area contributed by atoms with Crippen LogP contribution in [0.4, 0.5) is 6.01 Å². The van der Waals surface area contributed by atoms with Crippen molar-refractivity contribution in [3.63, 3.8) is 0 Å². The molecule has 0 radical (unpaired) electrons. The number of rotatable bonds is 8. The van der Waals surface area contributed by atoms with E-state index in [0.29, 0.717) is 17.9 Å². The highest BCUT2D eigenvalue weighted by molar-refractivity contribution is 5.27. The number of aromatic nitrogens is 1. The van der Waals surface area contributed by atoms with Crippen LogP contribution in [0.25, 0.3) is 0 Å². The lowest BCUT2D eigenvalue weighted by molar-refractivity contribution is 0.465. The molecule has 19 heavy (non-hydrogen) atoms. The maximum Gasteiger partial charge on any atom is 0.297 e. The second kappa shape index (κ2) is 7.53. The highest BCUT2D eigenvalue weighted by atomic mass is 16.4. The molecule has 0 spiro atoms. The zero-order chi connectivity index (χ0) is 14.4. The van der Waals surface area contributed by atoms with Gasteiger partial charge in [-0.2, -0.15) is 4.98 Å². The van der Waals surface area contributed by atoms with E-state index < -0.39 is 0 Å². The summed E-state index contributed by atoms with van der Waals surface area (Å²) in [4.78, 5) is 6.65. The minimum Gasteiger partial charge on any atom is -0.432 e. The Morgan fingerprint density at radius 3 is 2.47 bits per heavy atom. The summed E-state index contributed by atoms with van der Waals surface area (Å²) in [6.45, 7) is 12.9. The van der Waals surface area contributed by atoms with E-state index in [-0.39, 0.29) is 0 Å². The van der Waals surface area contributed by atoms with Crippen molar-refractivity contribution in [1.82, 2.24) is 10.3 Å². The fourth-order valence-electron chi connectivity index (χ4n) is 2.06. The molecular formula is C15H29N3O. The summed E-state index contributed by atoms with van der Waals surface area (Å²) in [5, 5.41) is 3.37. The summed E-state index contributed by atoms with van der Waals surface area (Å²) < 4.78 is 5.56. The van der Waals surface area contributed by atoms with Gasteiger partial charge in [-0.1, -0.05) is 27.7 Å². The molecule has 0 saturated carbocycles. The van der Waals surface area contributed by atoms with E-state index in [1.165, 1.54) is 0 Å². The van der Waals surface area contributed by atoms with E-state index in [1.807, 2.05) is 7.05 Å². The van der Waals surface area contributed by atoms with Crippen molar-refractivity contribution in [2.75, 3.05) is 18.5 Å². The van der Waals surface area contributed by atoms with Gasteiger partial charge in [-0.3, -0.25) is 0 Å². The zero-order valence-corrected chi connectivity index (χ0v) is 13.2. The van der Waals surface area contributed by atoms with E-state index >= 15 is 0 Å². The Labute approximate surface area is 117 Å². The fraction of sp³-hybridized carbons (Fsp3) is 0.800. The summed E-state index contributed by atoms with van der Waals surface area (Å²) in [7, 11) is 2.05. The normalized spacial score (nSPS) is 13.3. The molecule has 1 rings (SSSR count). The molecule has 0 aliphatic carbocycles. The predicted octanol–water partition coefficient (Wildman–Crippen LogP) is 3.29. The lowest BCUT2D eigenvalue weighted by atomic mass is 10.0. The molecule has 1 atom stereocenters. The summed E-state index contributed by atoms with van der Waals surface area (Å²) in [5.41, 5.74) is 0.972. The van der Waals surface area contributed by atoms with Crippen molar-refractivity contribution in [2.24, 2.45) is 11.8 Å². The second-order valence-corrected chi connectivity index (χ2v) is 6.24. The molecule has 1 heterocycles. The average molecular weight is 267 g/mol. The zero-order valence-electron chi connectivity index (χ0n) is 13.2. The molecule has 0 bridgehead atoms. The molecule has 0 aliphatic heterocycles. The average Bonchev–Trinajstić information content (AvgIpc) is 2.75. The number of hydrogen-bond acceptors (Lipinski definition) is 4.